The van der Waals surface area contributed by atoms with Gasteiger partial charge in [-0.05, 0) is 36.2 Å². The van der Waals surface area contributed by atoms with Gasteiger partial charge in [0.1, 0.15) is 0 Å². The van der Waals surface area contributed by atoms with E-state index in [9.17, 15) is 0 Å². The van der Waals surface area contributed by atoms with Gasteiger partial charge in [-0.3, -0.25) is 0 Å². The lowest BCUT2D eigenvalue weighted by Crippen LogP contribution is -2.11. The Morgan fingerprint density at radius 3 is 2.55 bits per heavy atom. The minimum atomic E-state index is 0.488. The normalized spacial score (nSPS) is 16.5. The van der Waals surface area contributed by atoms with E-state index in [4.69, 9.17) is 0 Å². The Morgan fingerprint density at radius 2 is 1.65 bits per heavy atom. The molecule has 1 aliphatic heterocycles. The predicted octanol–water partition coefficient (Wildman–Crippen LogP) is 4.87. The van der Waals surface area contributed by atoms with Crippen molar-refractivity contribution in [3.05, 3.63) is 84.2 Å². The van der Waals surface area contributed by atoms with E-state index >= 15 is 0 Å². The van der Waals surface area contributed by atoms with Crippen molar-refractivity contribution in [2.75, 3.05) is 0 Å². The Hall–Kier alpha value is -1.93. The monoisotopic (exact) mass is 277 g/mol. The SMILES string of the molecule is c1ccc(CC2Sc3ccccc3-n3cccc32)cc1. The molecule has 2 heteroatoms. The number of thioether (sulfide) groups is 1. The van der Waals surface area contributed by atoms with E-state index in [-0.39, 0.29) is 0 Å². The Balaban J connectivity index is 1.74. The third-order valence-corrected chi connectivity index (χ3v) is 5.06. The predicted molar refractivity (Wildman–Crippen MR) is 84.5 cm³/mol. The summed E-state index contributed by atoms with van der Waals surface area (Å²) < 4.78 is 2.33. The van der Waals surface area contributed by atoms with Crippen molar-refractivity contribution in [1.82, 2.24) is 4.57 Å². The van der Waals surface area contributed by atoms with E-state index in [1.807, 2.05) is 11.8 Å². The fraction of sp³-hybridized carbons (Fsp3) is 0.111. The Morgan fingerprint density at radius 1 is 0.850 bits per heavy atom. The Bertz CT molecular complexity index is 728. The molecule has 0 spiro atoms. The van der Waals surface area contributed by atoms with E-state index in [2.05, 4.69) is 77.5 Å². The van der Waals surface area contributed by atoms with Crippen molar-refractivity contribution in [2.24, 2.45) is 0 Å². The summed E-state index contributed by atoms with van der Waals surface area (Å²) in [6.45, 7) is 0. The lowest BCUT2D eigenvalue weighted by atomic mass is 10.1. The van der Waals surface area contributed by atoms with Crippen LogP contribution in [0, 0.1) is 0 Å². The summed E-state index contributed by atoms with van der Waals surface area (Å²) >= 11 is 1.98. The molecule has 1 aliphatic rings. The third-order valence-electron chi connectivity index (χ3n) is 3.77. The molecule has 0 bridgehead atoms. The molecular weight excluding hydrogens is 262 g/mol. The highest BCUT2D eigenvalue weighted by atomic mass is 32.2. The van der Waals surface area contributed by atoms with E-state index in [0.29, 0.717) is 5.25 Å². The number of fused-ring (bicyclic) bond motifs is 3. The van der Waals surface area contributed by atoms with Crippen molar-refractivity contribution in [3.63, 3.8) is 0 Å². The zero-order chi connectivity index (χ0) is 13.4. The molecule has 0 saturated heterocycles. The largest absolute Gasteiger partial charge is 0.319 e. The topological polar surface area (TPSA) is 4.93 Å². The molecule has 20 heavy (non-hydrogen) atoms. The second-order valence-corrected chi connectivity index (χ2v) is 6.31. The second kappa shape index (κ2) is 4.88. The summed E-state index contributed by atoms with van der Waals surface area (Å²) in [6, 6.07) is 23.8. The molecule has 0 aliphatic carbocycles. The first-order valence-electron chi connectivity index (χ1n) is 6.89. The lowest BCUT2D eigenvalue weighted by Gasteiger charge is -2.26. The molecule has 4 rings (SSSR count). The van der Waals surface area contributed by atoms with Gasteiger partial charge in [-0.25, -0.2) is 0 Å². The first kappa shape index (κ1) is 11.9. The molecular formula is C18H15NS. The van der Waals surface area contributed by atoms with E-state index < -0.39 is 0 Å². The lowest BCUT2D eigenvalue weighted by molar-refractivity contribution is 0.820. The minimum absolute atomic E-state index is 0.488. The fourth-order valence-corrected chi connectivity index (χ4v) is 4.16. The van der Waals surface area contributed by atoms with Crippen molar-refractivity contribution in [3.8, 4) is 5.69 Å². The third kappa shape index (κ3) is 1.97. The number of hydrogen-bond acceptors (Lipinski definition) is 1. The fourth-order valence-electron chi connectivity index (χ4n) is 2.82. The van der Waals surface area contributed by atoms with Crippen LogP contribution in [0.3, 0.4) is 0 Å². The summed E-state index contributed by atoms with van der Waals surface area (Å²) in [5, 5.41) is 0.488. The van der Waals surface area contributed by atoms with Gasteiger partial charge in [-0.2, -0.15) is 0 Å². The molecule has 98 valence electrons. The van der Waals surface area contributed by atoms with Gasteiger partial charge in [-0.1, -0.05) is 42.5 Å². The summed E-state index contributed by atoms with van der Waals surface area (Å²) in [7, 11) is 0. The van der Waals surface area contributed by atoms with Crippen molar-refractivity contribution < 1.29 is 0 Å². The Kier molecular flexibility index (Phi) is 2.89. The van der Waals surface area contributed by atoms with Gasteiger partial charge < -0.3 is 4.57 Å². The van der Waals surface area contributed by atoms with Crippen LogP contribution in [0.15, 0.2) is 77.8 Å². The minimum Gasteiger partial charge on any atom is -0.319 e. The number of aromatic nitrogens is 1. The molecule has 0 fully saturated rings. The van der Waals surface area contributed by atoms with Gasteiger partial charge in [0.05, 0.1) is 10.9 Å². The number of nitrogens with zero attached hydrogens (tertiary/aromatic N) is 1. The number of benzene rings is 2. The molecule has 1 atom stereocenters. The van der Waals surface area contributed by atoms with Crippen LogP contribution < -0.4 is 0 Å². The summed E-state index contributed by atoms with van der Waals surface area (Å²) in [4.78, 5) is 1.37. The van der Waals surface area contributed by atoms with Gasteiger partial charge in [0.25, 0.3) is 0 Å². The number of rotatable bonds is 2. The van der Waals surface area contributed by atoms with Crippen molar-refractivity contribution in [1.29, 1.82) is 0 Å². The van der Waals surface area contributed by atoms with Crippen LogP contribution in [0.4, 0.5) is 0 Å². The summed E-state index contributed by atoms with van der Waals surface area (Å²) in [5.41, 5.74) is 4.11. The van der Waals surface area contributed by atoms with E-state index in [1.54, 1.807) is 0 Å². The number of hydrogen-bond donors (Lipinski definition) is 0. The molecule has 1 aromatic heterocycles. The van der Waals surface area contributed by atoms with Gasteiger partial charge >= 0.3 is 0 Å². The van der Waals surface area contributed by atoms with Crippen LogP contribution >= 0.6 is 11.8 Å². The molecule has 0 radical (unpaired) electrons. The summed E-state index contributed by atoms with van der Waals surface area (Å²) in [5.74, 6) is 0. The van der Waals surface area contributed by atoms with Crippen LogP contribution in [0.2, 0.25) is 0 Å². The average Bonchev–Trinajstić information content (AvgIpc) is 2.98. The van der Waals surface area contributed by atoms with Crippen molar-refractivity contribution >= 4 is 11.8 Å². The maximum absolute atomic E-state index is 2.33. The van der Waals surface area contributed by atoms with E-state index in [0.717, 1.165) is 6.42 Å². The maximum Gasteiger partial charge on any atom is 0.0588 e. The molecule has 1 nitrogen and oxygen atoms in total. The smallest absolute Gasteiger partial charge is 0.0588 e. The maximum atomic E-state index is 2.33. The van der Waals surface area contributed by atoms with E-state index in [1.165, 1.54) is 21.8 Å². The van der Waals surface area contributed by atoms with Crippen LogP contribution in [0.1, 0.15) is 16.5 Å². The van der Waals surface area contributed by atoms with Crippen LogP contribution in [-0.4, -0.2) is 4.57 Å². The van der Waals surface area contributed by atoms with Gasteiger partial charge in [0.15, 0.2) is 0 Å². The highest BCUT2D eigenvalue weighted by Crippen LogP contribution is 2.45. The summed E-state index contributed by atoms with van der Waals surface area (Å²) in [6.07, 6.45) is 3.25. The van der Waals surface area contributed by atoms with Gasteiger partial charge in [-0.15, -0.1) is 11.8 Å². The molecule has 2 heterocycles. The second-order valence-electron chi connectivity index (χ2n) is 5.07. The Labute approximate surface area is 123 Å². The van der Waals surface area contributed by atoms with Gasteiger partial charge in [0, 0.05) is 16.8 Å². The quantitative estimate of drug-likeness (QED) is 0.647. The molecule has 2 aromatic carbocycles. The zero-order valence-corrected chi connectivity index (χ0v) is 11.9. The van der Waals surface area contributed by atoms with Crippen LogP contribution in [0.5, 0.6) is 0 Å². The van der Waals surface area contributed by atoms with Crippen molar-refractivity contribution in [2.45, 2.75) is 16.6 Å². The molecule has 1 unspecified atom stereocenters. The molecule has 0 N–H and O–H groups in total. The molecule has 3 aromatic rings. The highest BCUT2D eigenvalue weighted by Gasteiger charge is 2.24. The highest BCUT2D eigenvalue weighted by molar-refractivity contribution is 7.99. The van der Waals surface area contributed by atoms with Gasteiger partial charge in [0.2, 0.25) is 0 Å². The zero-order valence-electron chi connectivity index (χ0n) is 11.1. The number of para-hydroxylation sites is 1. The first-order valence-corrected chi connectivity index (χ1v) is 7.77. The standard InChI is InChI=1S/C18H15NS/c1-2-7-14(8-3-1)13-18-16-10-6-12-19(16)15-9-4-5-11-17(15)20-18/h1-12,18H,13H2. The van der Waals surface area contributed by atoms with Crippen LogP contribution in [-0.2, 0) is 6.42 Å². The first-order chi connectivity index (χ1) is 9.92. The molecule has 0 amide bonds. The average molecular weight is 277 g/mol. The van der Waals surface area contributed by atoms with Crippen LogP contribution in [0.25, 0.3) is 5.69 Å². The molecule has 0 saturated carbocycles.